The van der Waals surface area contributed by atoms with E-state index < -0.39 is 5.41 Å². The van der Waals surface area contributed by atoms with Crippen molar-refractivity contribution in [1.82, 2.24) is 30.0 Å². The van der Waals surface area contributed by atoms with Gasteiger partial charge in [-0.05, 0) is 65.8 Å². The van der Waals surface area contributed by atoms with E-state index in [-0.39, 0.29) is 17.6 Å². The molecule has 2 aromatic carbocycles. The largest absolute Gasteiger partial charge is 0.465 e. The first-order chi connectivity index (χ1) is 21.0. The molecule has 0 spiro atoms. The van der Waals surface area contributed by atoms with Crippen molar-refractivity contribution in [3.05, 3.63) is 87.4 Å². The molecule has 1 aliphatic carbocycles. The van der Waals surface area contributed by atoms with E-state index in [0.29, 0.717) is 25.4 Å². The number of hydrogen-bond donors (Lipinski definition) is 1. The number of aromatic amines is 1. The quantitative estimate of drug-likeness (QED) is 0.191. The van der Waals surface area contributed by atoms with Crippen molar-refractivity contribution in [2.75, 3.05) is 6.61 Å². The summed E-state index contributed by atoms with van der Waals surface area (Å²) < 4.78 is 9.82. The van der Waals surface area contributed by atoms with E-state index >= 15 is 0 Å². The van der Waals surface area contributed by atoms with Crippen LogP contribution in [0.4, 0.5) is 0 Å². The van der Waals surface area contributed by atoms with Gasteiger partial charge in [-0.1, -0.05) is 87.2 Å². The van der Waals surface area contributed by atoms with Crippen molar-refractivity contribution >= 4 is 5.97 Å². The number of fused-ring (bicyclic) bond motifs is 1. The molecule has 43 heavy (non-hydrogen) atoms. The van der Waals surface area contributed by atoms with E-state index in [1.54, 1.807) is 0 Å². The van der Waals surface area contributed by atoms with Crippen molar-refractivity contribution in [3.8, 4) is 22.5 Å². The van der Waals surface area contributed by atoms with Crippen LogP contribution in [0, 0.1) is 5.41 Å². The Morgan fingerprint density at radius 1 is 1.05 bits per heavy atom. The van der Waals surface area contributed by atoms with Crippen LogP contribution < -0.4 is 5.56 Å². The molecule has 1 fully saturated rings. The molecule has 9 nitrogen and oxygen atoms in total. The van der Waals surface area contributed by atoms with Gasteiger partial charge in [0.2, 0.25) is 0 Å². The number of nitrogens with zero attached hydrogens (tertiary/aromatic N) is 5. The number of esters is 1. The first-order valence-electron chi connectivity index (χ1n) is 15.6. The third-order valence-corrected chi connectivity index (χ3v) is 9.25. The highest BCUT2D eigenvalue weighted by Gasteiger charge is 2.51. The fraction of sp³-hybridized carbons (Fsp3) is 0.441. The van der Waals surface area contributed by atoms with Crippen LogP contribution in [0.15, 0.2) is 65.0 Å². The second kappa shape index (κ2) is 12.1. The molecule has 9 heteroatoms. The Bertz CT molecular complexity index is 1670. The number of benzene rings is 2. The van der Waals surface area contributed by atoms with Gasteiger partial charge in [0, 0.05) is 23.2 Å². The van der Waals surface area contributed by atoms with E-state index in [9.17, 15) is 9.59 Å². The smallest absolute Gasteiger partial charge is 0.314 e. The number of allylic oxidation sites excluding steroid dienone is 2. The maximum Gasteiger partial charge on any atom is 0.314 e. The van der Waals surface area contributed by atoms with Crippen LogP contribution in [-0.2, 0) is 28.9 Å². The minimum Gasteiger partial charge on any atom is -0.465 e. The standard InChI is InChI=1S/C34H40N6O3/c1-4-11-29-28(22-24-14-16-25(17-15-24)26-12-7-8-13-27(26)31-35-37-38-36-31)32(41)39-21-18-23(3)30(40(29)39)34(33(42)43-5-2)19-9-6-10-20-34/h7-8,12-18,30H,4-6,9-11,19-22H2,1-3H3,(H,35,36,37,38). The zero-order chi connectivity index (χ0) is 30.0. The zero-order valence-electron chi connectivity index (χ0n) is 25.3. The molecule has 1 atom stereocenters. The Labute approximate surface area is 251 Å². The predicted molar refractivity (Wildman–Crippen MR) is 165 cm³/mol. The second-order valence-electron chi connectivity index (χ2n) is 11.9. The van der Waals surface area contributed by atoms with Crippen molar-refractivity contribution in [3.63, 3.8) is 0 Å². The average Bonchev–Trinajstić information content (AvgIpc) is 3.66. The van der Waals surface area contributed by atoms with Crippen molar-refractivity contribution in [2.45, 2.75) is 84.7 Å². The number of hydrogen-bond acceptors (Lipinski definition) is 6. The Morgan fingerprint density at radius 2 is 1.79 bits per heavy atom. The highest BCUT2D eigenvalue weighted by molar-refractivity contribution is 5.80. The summed E-state index contributed by atoms with van der Waals surface area (Å²) in [4.78, 5) is 27.8. The fourth-order valence-corrected chi connectivity index (χ4v) is 7.28. The lowest BCUT2D eigenvalue weighted by Crippen LogP contribution is -2.47. The lowest BCUT2D eigenvalue weighted by molar-refractivity contribution is -0.161. The van der Waals surface area contributed by atoms with E-state index in [1.165, 1.54) is 0 Å². The molecule has 224 valence electrons. The van der Waals surface area contributed by atoms with E-state index in [2.05, 4.69) is 75.6 Å². The van der Waals surface area contributed by atoms with Gasteiger partial charge >= 0.3 is 5.97 Å². The van der Waals surface area contributed by atoms with Gasteiger partial charge in [0.15, 0.2) is 5.82 Å². The monoisotopic (exact) mass is 580 g/mol. The molecular weight excluding hydrogens is 540 g/mol. The number of tetrazole rings is 1. The van der Waals surface area contributed by atoms with Gasteiger partial charge in [-0.3, -0.25) is 14.3 Å². The molecular formula is C34H40N6O3. The topological polar surface area (TPSA) is 108 Å². The summed E-state index contributed by atoms with van der Waals surface area (Å²) in [6.07, 6.45) is 9.02. The van der Waals surface area contributed by atoms with Gasteiger partial charge in [-0.25, -0.2) is 9.78 Å². The van der Waals surface area contributed by atoms with Crippen LogP contribution in [0.5, 0.6) is 0 Å². The number of ether oxygens (including phenoxy) is 1. The first kappa shape index (κ1) is 28.8. The number of H-pyrrole nitrogens is 1. The lowest BCUT2D eigenvalue weighted by atomic mass is 9.66. The van der Waals surface area contributed by atoms with E-state index in [1.807, 2.05) is 29.8 Å². The fourth-order valence-electron chi connectivity index (χ4n) is 7.28. The van der Waals surface area contributed by atoms with Crippen molar-refractivity contribution in [1.29, 1.82) is 0 Å². The number of nitrogens with one attached hydrogen (secondary N) is 1. The van der Waals surface area contributed by atoms with Crippen LogP contribution >= 0.6 is 0 Å². The summed E-state index contributed by atoms with van der Waals surface area (Å²) in [5.74, 6) is 0.497. The molecule has 0 bridgehead atoms. The molecule has 4 aromatic rings. The summed E-state index contributed by atoms with van der Waals surface area (Å²) in [5.41, 5.74) is 6.48. The maximum atomic E-state index is 14.1. The summed E-state index contributed by atoms with van der Waals surface area (Å²) in [7, 11) is 0. The van der Waals surface area contributed by atoms with Crippen LogP contribution in [-0.4, -0.2) is 42.6 Å². The molecule has 0 amide bonds. The Balaban J connectivity index is 1.39. The molecule has 3 heterocycles. The van der Waals surface area contributed by atoms with Gasteiger partial charge in [-0.15, -0.1) is 5.10 Å². The van der Waals surface area contributed by atoms with Crippen LogP contribution in [0.1, 0.15) is 82.2 Å². The van der Waals surface area contributed by atoms with Crippen molar-refractivity contribution < 1.29 is 9.53 Å². The summed E-state index contributed by atoms with van der Waals surface area (Å²) >= 11 is 0. The normalized spacial score (nSPS) is 17.7. The Morgan fingerprint density at radius 3 is 2.47 bits per heavy atom. The minimum absolute atomic E-state index is 0.0410. The predicted octanol–water partition coefficient (Wildman–Crippen LogP) is 6.05. The van der Waals surface area contributed by atoms with Gasteiger partial charge < -0.3 is 4.74 Å². The van der Waals surface area contributed by atoms with E-state index in [0.717, 1.165) is 84.0 Å². The summed E-state index contributed by atoms with van der Waals surface area (Å²) in [5, 5.41) is 14.4. The zero-order valence-corrected chi connectivity index (χ0v) is 25.3. The van der Waals surface area contributed by atoms with Crippen LogP contribution in [0.25, 0.3) is 22.5 Å². The maximum absolute atomic E-state index is 14.1. The Hall–Kier alpha value is -4.27. The number of aromatic nitrogens is 6. The highest BCUT2D eigenvalue weighted by Crippen LogP contribution is 2.50. The molecule has 1 saturated carbocycles. The van der Waals surface area contributed by atoms with Gasteiger partial charge in [0.05, 0.1) is 24.6 Å². The molecule has 2 aliphatic rings. The molecule has 1 unspecified atom stereocenters. The van der Waals surface area contributed by atoms with Crippen LogP contribution in [0.2, 0.25) is 0 Å². The van der Waals surface area contributed by atoms with Crippen molar-refractivity contribution in [2.24, 2.45) is 5.41 Å². The van der Waals surface area contributed by atoms with Gasteiger partial charge in [0.25, 0.3) is 5.56 Å². The lowest BCUT2D eigenvalue weighted by Gasteiger charge is -2.45. The summed E-state index contributed by atoms with van der Waals surface area (Å²) in [6, 6.07) is 16.2. The number of carbonyl (C=O) groups excluding carboxylic acids is 1. The molecule has 0 saturated heterocycles. The van der Waals surface area contributed by atoms with Gasteiger partial charge in [-0.2, -0.15) is 0 Å². The number of carbonyl (C=O) groups is 1. The van der Waals surface area contributed by atoms with E-state index in [4.69, 9.17) is 4.74 Å². The Kier molecular flexibility index (Phi) is 8.15. The SMILES string of the molecule is CCCc1c(Cc2ccc(-c3ccccc3-c3nnn[nH]3)cc2)c(=O)n2n1C(C1(C(=O)OCC)CCCCC1)C(C)=CC2. The summed E-state index contributed by atoms with van der Waals surface area (Å²) in [6.45, 7) is 7.02. The second-order valence-corrected chi connectivity index (χ2v) is 11.9. The molecule has 2 aromatic heterocycles. The molecule has 1 N–H and O–H groups in total. The number of rotatable bonds is 9. The average molecular weight is 581 g/mol. The third kappa shape index (κ3) is 5.15. The molecule has 1 aliphatic heterocycles. The molecule has 0 radical (unpaired) electrons. The minimum atomic E-state index is -0.656. The first-order valence-corrected chi connectivity index (χ1v) is 15.6. The van der Waals surface area contributed by atoms with Crippen LogP contribution in [0.3, 0.4) is 0 Å². The highest BCUT2D eigenvalue weighted by atomic mass is 16.5. The third-order valence-electron chi connectivity index (χ3n) is 9.25. The van der Waals surface area contributed by atoms with Gasteiger partial charge in [0.1, 0.15) is 0 Å². The molecule has 6 rings (SSSR count).